The molecule has 3 atom stereocenters. The third-order valence-corrected chi connectivity index (χ3v) is 5.38. The molecule has 9 nitrogen and oxygen atoms in total. The summed E-state index contributed by atoms with van der Waals surface area (Å²) in [5, 5.41) is 17.3. The molecule has 122 valence electrons. The smallest absolute Gasteiger partial charge is 0.353 e. The molecule has 3 heterocycles. The highest BCUT2D eigenvalue weighted by Gasteiger charge is 2.69. The van der Waals surface area contributed by atoms with E-state index in [1.807, 2.05) is 0 Å². The number of aromatic nitrogens is 3. The van der Waals surface area contributed by atoms with Crippen molar-refractivity contribution in [2.24, 2.45) is 7.05 Å². The van der Waals surface area contributed by atoms with Crippen LogP contribution in [-0.4, -0.2) is 53.1 Å². The van der Waals surface area contributed by atoms with Crippen LogP contribution in [0.15, 0.2) is 17.3 Å². The van der Waals surface area contributed by atoms with Crippen LogP contribution in [-0.2, 0) is 26.2 Å². The van der Waals surface area contributed by atoms with Gasteiger partial charge in [0.15, 0.2) is 11.0 Å². The SMILES string of the molecule is CC(=O)OC(c1cn(C)nn1)C1(Cl)C(=O)N2C(C(=O)O)=CS[C@@H]21. The standard InChI is InChI=1S/C12H11ClN4O5S/c1-5(18)22-8(6-3-16(2)15-14-6)12(13)10(21)17-7(9(19)20)4-23-11(12)17/h3-4,8,11H,1-2H3,(H,19,20)/t8?,11-,12?/m1/s1. The number of thioether (sulfide) groups is 1. The number of aryl methyl sites for hydroxylation is 1. The van der Waals surface area contributed by atoms with Crippen LogP contribution in [0.4, 0.5) is 0 Å². The van der Waals surface area contributed by atoms with Gasteiger partial charge in [-0.25, -0.2) is 4.79 Å². The molecule has 1 saturated heterocycles. The summed E-state index contributed by atoms with van der Waals surface area (Å²) in [6.45, 7) is 1.19. The molecular weight excluding hydrogens is 348 g/mol. The first kappa shape index (κ1) is 15.8. The van der Waals surface area contributed by atoms with Crippen LogP contribution < -0.4 is 0 Å². The molecule has 3 rings (SSSR count). The number of alkyl halides is 1. The Balaban J connectivity index is 1.96. The topological polar surface area (TPSA) is 115 Å². The minimum Gasteiger partial charge on any atom is -0.477 e. The largest absolute Gasteiger partial charge is 0.477 e. The molecule has 0 aliphatic carbocycles. The zero-order valence-corrected chi connectivity index (χ0v) is 13.5. The van der Waals surface area contributed by atoms with E-state index >= 15 is 0 Å². The number of β-lactam (4-membered cyclic amide) rings is 1. The quantitative estimate of drug-likeness (QED) is 0.462. The number of carbonyl (C=O) groups is 3. The Kier molecular flexibility index (Phi) is 3.60. The van der Waals surface area contributed by atoms with Gasteiger partial charge >= 0.3 is 11.9 Å². The Morgan fingerprint density at radius 1 is 1.57 bits per heavy atom. The summed E-state index contributed by atoms with van der Waals surface area (Å²) in [4.78, 5) is 34.5. The summed E-state index contributed by atoms with van der Waals surface area (Å²) in [5.74, 6) is -2.52. The lowest BCUT2D eigenvalue weighted by atomic mass is 9.88. The van der Waals surface area contributed by atoms with Crippen molar-refractivity contribution >= 4 is 41.2 Å². The second kappa shape index (κ2) is 5.24. The minimum absolute atomic E-state index is 0.151. The molecule has 0 aromatic carbocycles. The number of hydrogen-bond acceptors (Lipinski definition) is 7. The lowest BCUT2D eigenvalue weighted by molar-refractivity contribution is -0.164. The zero-order chi connectivity index (χ0) is 16.9. The van der Waals surface area contributed by atoms with Gasteiger partial charge in [0, 0.05) is 19.4 Å². The Morgan fingerprint density at radius 3 is 2.78 bits per heavy atom. The second-order valence-corrected chi connectivity index (χ2v) is 6.63. The van der Waals surface area contributed by atoms with E-state index in [4.69, 9.17) is 21.4 Å². The average molecular weight is 359 g/mol. The lowest BCUT2D eigenvalue weighted by Crippen LogP contribution is -2.70. The van der Waals surface area contributed by atoms with Gasteiger partial charge in [0.05, 0.1) is 6.20 Å². The van der Waals surface area contributed by atoms with Crippen LogP contribution >= 0.6 is 23.4 Å². The maximum absolute atomic E-state index is 12.5. The van der Waals surface area contributed by atoms with Crippen molar-refractivity contribution in [3.05, 3.63) is 23.0 Å². The fourth-order valence-electron chi connectivity index (χ4n) is 2.51. The third-order valence-electron chi connectivity index (χ3n) is 3.48. The number of nitrogens with zero attached hydrogens (tertiary/aromatic N) is 4. The normalized spacial score (nSPS) is 27.1. The van der Waals surface area contributed by atoms with Gasteiger partial charge in [-0.1, -0.05) is 5.21 Å². The van der Waals surface area contributed by atoms with E-state index in [1.165, 1.54) is 23.2 Å². The van der Waals surface area contributed by atoms with Crippen LogP contribution in [0.1, 0.15) is 18.7 Å². The van der Waals surface area contributed by atoms with Crippen molar-refractivity contribution in [1.29, 1.82) is 0 Å². The predicted octanol–water partition coefficient (Wildman–Crippen LogP) is 0.238. The second-order valence-electron chi connectivity index (χ2n) is 5.05. The van der Waals surface area contributed by atoms with Gasteiger partial charge in [0.2, 0.25) is 0 Å². The highest BCUT2D eigenvalue weighted by molar-refractivity contribution is 8.03. The number of ether oxygens (including phenoxy) is 1. The molecule has 2 aliphatic heterocycles. The number of esters is 1. The van der Waals surface area contributed by atoms with Gasteiger partial charge < -0.3 is 9.84 Å². The number of halogens is 1. The molecule has 1 amide bonds. The molecule has 0 saturated carbocycles. The van der Waals surface area contributed by atoms with Crippen LogP contribution in [0, 0.1) is 0 Å². The molecular formula is C12H11ClN4O5S. The molecule has 2 unspecified atom stereocenters. The maximum Gasteiger partial charge on any atom is 0.353 e. The molecule has 11 heteroatoms. The number of amides is 1. The number of fused-ring (bicyclic) bond motifs is 1. The van der Waals surface area contributed by atoms with E-state index in [0.717, 1.165) is 16.7 Å². The summed E-state index contributed by atoms with van der Waals surface area (Å²) in [6.07, 6.45) is 0.317. The maximum atomic E-state index is 12.5. The first-order chi connectivity index (χ1) is 10.8. The molecule has 1 aromatic rings. The van der Waals surface area contributed by atoms with Gasteiger partial charge in [0.1, 0.15) is 16.8 Å². The molecule has 0 spiro atoms. The Hall–Kier alpha value is -2.07. The monoisotopic (exact) mass is 358 g/mol. The molecule has 0 radical (unpaired) electrons. The Labute approximate surface area is 139 Å². The van der Waals surface area contributed by atoms with Gasteiger partial charge in [-0.3, -0.25) is 19.2 Å². The van der Waals surface area contributed by atoms with Gasteiger partial charge in [-0.15, -0.1) is 28.5 Å². The first-order valence-corrected chi connectivity index (χ1v) is 7.73. The third kappa shape index (κ3) is 2.20. The van der Waals surface area contributed by atoms with Crippen molar-refractivity contribution in [3.63, 3.8) is 0 Å². The lowest BCUT2D eigenvalue weighted by Gasteiger charge is -2.50. The van der Waals surface area contributed by atoms with E-state index in [9.17, 15) is 14.4 Å². The molecule has 23 heavy (non-hydrogen) atoms. The number of hydrogen-bond donors (Lipinski definition) is 1. The highest BCUT2D eigenvalue weighted by atomic mass is 35.5. The van der Waals surface area contributed by atoms with Crippen molar-refractivity contribution in [2.45, 2.75) is 23.3 Å². The molecule has 0 bridgehead atoms. The van der Waals surface area contributed by atoms with E-state index in [0.29, 0.717) is 0 Å². The Bertz CT molecular complexity index is 750. The minimum atomic E-state index is -1.64. The molecule has 1 aromatic heterocycles. The van der Waals surface area contributed by atoms with E-state index in [-0.39, 0.29) is 11.4 Å². The summed E-state index contributed by atoms with van der Waals surface area (Å²) < 4.78 is 6.60. The summed E-state index contributed by atoms with van der Waals surface area (Å²) in [7, 11) is 1.62. The van der Waals surface area contributed by atoms with E-state index in [1.54, 1.807) is 7.05 Å². The fourth-order valence-corrected chi connectivity index (χ4v) is 4.23. The van der Waals surface area contributed by atoms with Crippen molar-refractivity contribution in [1.82, 2.24) is 19.9 Å². The summed E-state index contributed by atoms with van der Waals surface area (Å²) in [5.41, 5.74) is 0.0667. The first-order valence-electron chi connectivity index (χ1n) is 6.41. The highest BCUT2D eigenvalue weighted by Crippen LogP contribution is 2.56. The van der Waals surface area contributed by atoms with Crippen molar-refractivity contribution in [3.8, 4) is 0 Å². The number of carboxylic acid groups (broad SMARTS) is 1. The average Bonchev–Trinajstić information content (AvgIpc) is 3.08. The van der Waals surface area contributed by atoms with Gasteiger partial charge in [-0.05, 0) is 0 Å². The summed E-state index contributed by atoms with van der Waals surface area (Å²) >= 11 is 7.57. The molecule has 1 N–H and O–H groups in total. The van der Waals surface area contributed by atoms with Crippen molar-refractivity contribution < 1.29 is 24.2 Å². The van der Waals surface area contributed by atoms with E-state index in [2.05, 4.69) is 10.3 Å². The van der Waals surface area contributed by atoms with Crippen LogP contribution in [0.2, 0.25) is 0 Å². The zero-order valence-electron chi connectivity index (χ0n) is 12.0. The fraction of sp³-hybridized carbons (Fsp3) is 0.417. The number of rotatable bonds is 4. The number of aliphatic carboxylic acids is 1. The Morgan fingerprint density at radius 2 is 2.26 bits per heavy atom. The molecule has 2 aliphatic rings. The van der Waals surface area contributed by atoms with Gasteiger partial charge in [0.25, 0.3) is 5.91 Å². The number of carboxylic acids is 1. The van der Waals surface area contributed by atoms with E-state index < -0.39 is 34.2 Å². The predicted molar refractivity (Wildman–Crippen MR) is 78.0 cm³/mol. The van der Waals surface area contributed by atoms with Crippen LogP contribution in [0.5, 0.6) is 0 Å². The van der Waals surface area contributed by atoms with Gasteiger partial charge in [-0.2, -0.15) is 0 Å². The summed E-state index contributed by atoms with van der Waals surface area (Å²) in [6, 6.07) is 0. The van der Waals surface area contributed by atoms with Crippen LogP contribution in [0.25, 0.3) is 0 Å². The molecule has 1 fully saturated rings. The number of carbonyl (C=O) groups excluding carboxylic acids is 2. The van der Waals surface area contributed by atoms with Crippen molar-refractivity contribution in [2.75, 3.05) is 0 Å². The van der Waals surface area contributed by atoms with Crippen LogP contribution in [0.3, 0.4) is 0 Å².